The molecule has 3 atom stereocenters. The van der Waals surface area contributed by atoms with E-state index in [4.69, 9.17) is 0 Å². The minimum atomic E-state index is 0.629. The van der Waals surface area contributed by atoms with Crippen molar-refractivity contribution in [2.24, 2.45) is 13.0 Å². The summed E-state index contributed by atoms with van der Waals surface area (Å²) < 4.78 is 1.90. The van der Waals surface area contributed by atoms with Crippen LogP contribution in [0.1, 0.15) is 31.4 Å². The van der Waals surface area contributed by atoms with Crippen LogP contribution in [-0.2, 0) is 7.05 Å². The molecule has 1 aromatic heterocycles. The van der Waals surface area contributed by atoms with Gasteiger partial charge in [-0.3, -0.25) is 4.68 Å². The molecule has 2 rings (SSSR count). The predicted octanol–water partition coefficient (Wildman–Crippen LogP) is 2.09. The van der Waals surface area contributed by atoms with Gasteiger partial charge in [0.15, 0.2) is 0 Å². The second-order valence-corrected chi connectivity index (χ2v) is 5.02. The molecule has 3 unspecified atom stereocenters. The van der Waals surface area contributed by atoms with Gasteiger partial charge in [0.25, 0.3) is 0 Å². The van der Waals surface area contributed by atoms with Crippen molar-refractivity contribution in [3.8, 4) is 0 Å². The summed E-state index contributed by atoms with van der Waals surface area (Å²) in [4.78, 5) is 0.660. The minimum Gasteiger partial charge on any atom is -0.252 e. The molecule has 1 saturated carbocycles. The Morgan fingerprint density at radius 2 is 2.31 bits per heavy atom. The molecule has 0 saturated heterocycles. The van der Waals surface area contributed by atoms with Gasteiger partial charge in [-0.2, -0.15) is 0 Å². The van der Waals surface area contributed by atoms with Gasteiger partial charge in [0.2, 0.25) is 0 Å². The quantitative estimate of drug-likeness (QED) is 0.708. The van der Waals surface area contributed by atoms with Crippen molar-refractivity contribution in [3.63, 3.8) is 0 Å². The molecule has 0 spiro atoms. The molecule has 4 heteroatoms. The van der Waals surface area contributed by atoms with Gasteiger partial charge in [0.1, 0.15) is 0 Å². The summed E-state index contributed by atoms with van der Waals surface area (Å²) in [6.07, 6.45) is 4.40. The first kappa shape index (κ1) is 9.19. The second kappa shape index (κ2) is 3.40. The third kappa shape index (κ3) is 1.52. The van der Waals surface area contributed by atoms with E-state index < -0.39 is 0 Å². The van der Waals surface area contributed by atoms with Gasteiger partial charge in [0.05, 0.1) is 11.9 Å². The van der Waals surface area contributed by atoms with Crippen molar-refractivity contribution < 1.29 is 0 Å². The van der Waals surface area contributed by atoms with E-state index >= 15 is 0 Å². The molecule has 0 N–H and O–H groups in total. The number of aromatic nitrogens is 3. The number of rotatable bonds is 1. The van der Waals surface area contributed by atoms with Gasteiger partial charge in [0, 0.05) is 17.8 Å². The van der Waals surface area contributed by atoms with Crippen LogP contribution in [0.25, 0.3) is 0 Å². The maximum Gasteiger partial charge on any atom is 0.0728 e. The summed E-state index contributed by atoms with van der Waals surface area (Å²) in [5.74, 6) is 1.32. The number of alkyl halides is 1. The molecule has 1 heterocycles. The summed E-state index contributed by atoms with van der Waals surface area (Å²) in [6.45, 7) is 2.30. The van der Waals surface area contributed by atoms with Gasteiger partial charge in [-0.1, -0.05) is 28.1 Å². The maximum atomic E-state index is 3.97. The van der Waals surface area contributed by atoms with Crippen molar-refractivity contribution in [1.29, 1.82) is 0 Å². The Labute approximate surface area is 86.6 Å². The molecule has 1 aromatic rings. The van der Waals surface area contributed by atoms with E-state index in [0.717, 1.165) is 0 Å². The van der Waals surface area contributed by atoms with Crippen molar-refractivity contribution in [2.75, 3.05) is 0 Å². The Bertz CT molecular complexity index is 297. The second-order valence-electron chi connectivity index (χ2n) is 3.84. The fourth-order valence-corrected chi connectivity index (χ4v) is 2.80. The number of halogens is 1. The first-order chi connectivity index (χ1) is 6.20. The van der Waals surface area contributed by atoms with Crippen LogP contribution in [0.3, 0.4) is 0 Å². The molecule has 0 radical (unpaired) electrons. The molecule has 1 aliphatic rings. The highest BCUT2D eigenvalue weighted by atomic mass is 79.9. The third-order valence-corrected chi connectivity index (χ3v) is 4.38. The lowest BCUT2D eigenvalue weighted by Crippen LogP contribution is -2.12. The maximum absolute atomic E-state index is 3.97. The number of nitrogens with zero attached hydrogens (tertiary/aromatic N) is 3. The monoisotopic (exact) mass is 243 g/mol. The van der Waals surface area contributed by atoms with E-state index in [1.54, 1.807) is 0 Å². The topological polar surface area (TPSA) is 30.7 Å². The molecule has 13 heavy (non-hydrogen) atoms. The summed E-state index contributed by atoms with van der Waals surface area (Å²) in [6, 6.07) is 0. The standard InChI is InChI=1S/C9H14BrN3/c1-6-7(3-4-8(6)10)9-5-11-12-13(9)2/h5-8H,3-4H2,1-2H3. The van der Waals surface area contributed by atoms with Crippen LogP contribution >= 0.6 is 15.9 Å². The third-order valence-electron chi connectivity index (χ3n) is 3.09. The molecule has 0 aliphatic heterocycles. The van der Waals surface area contributed by atoms with Gasteiger partial charge < -0.3 is 0 Å². The Hall–Kier alpha value is -0.380. The van der Waals surface area contributed by atoms with Gasteiger partial charge in [-0.25, -0.2) is 0 Å². The van der Waals surface area contributed by atoms with E-state index in [2.05, 4.69) is 33.2 Å². The highest BCUT2D eigenvalue weighted by molar-refractivity contribution is 9.09. The molecular formula is C9H14BrN3. The van der Waals surface area contributed by atoms with Crippen LogP contribution in [0.4, 0.5) is 0 Å². The van der Waals surface area contributed by atoms with Crippen LogP contribution in [0.15, 0.2) is 6.20 Å². The summed E-state index contributed by atoms with van der Waals surface area (Å²) in [5, 5.41) is 7.90. The Kier molecular flexibility index (Phi) is 2.41. The number of aryl methyl sites for hydroxylation is 1. The van der Waals surface area contributed by atoms with Crippen molar-refractivity contribution >= 4 is 15.9 Å². The van der Waals surface area contributed by atoms with Crippen molar-refractivity contribution in [2.45, 2.75) is 30.5 Å². The highest BCUT2D eigenvalue weighted by Gasteiger charge is 2.33. The zero-order valence-corrected chi connectivity index (χ0v) is 9.53. The van der Waals surface area contributed by atoms with Gasteiger partial charge in [-0.15, -0.1) is 5.10 Å². The zero-order valence-electron chi connectivity index (χ0n) is 7.94. The predicted molar refractivity (Wildman–Crippen MR) is 54.9 cm³/mol. The van der Waals surface area contributed by atoms with E-state index in [-0.39, 0.29) is 0 Å². The van der Waals surface area contributed by atoms with E-state index in [1.807, 2.05) is 17.9 Å². The number of hydrogen-bond donors (Lipinski definition) is 0. The van der Waals surface area contributed by atoms with E-state index in [9.17, 15) is 0 Å². The summed E-state index contributed by atoms with van der Waals surface area (Å²) in [7, 11) is 1.97. The molecule has 3 nitrogen and oxygen atoms in total. The van der Waals surface area contributed by atoms with Crippen LogP contribution in [0.2, 0.25) is 0 Å². The van der Waals surface area contributed by atoms with Crippen LogP contribution < -0.4 is 0 Å². The number of hydrogen-bond acceptors (Lipinski definition) is 2. The lowest BCUT2D eigenvalue weighted by atomic mass is 9.95. The van der Waals surface area contributed by atoms with Crippen molar-refractivity contribution in [1.82, 2.24) is 15.0 Å². The first-order valence-corrected chi connectivity index (χ1v) is 5.60. The molecule has 0 amide bonds. The van der Waals surface area contributed by atoms with Crippen molar-refractivity contribution in [3.05, 3.63) is 11.9 Å². The SMILES string of the molecule is CC1C(Br)CCC1c1cnnn1C. The normalized spacial score (nSPS) is 33.9. The molecule has 0 bridgehead atoms. The van der Waals surface area contributed by atoms with E-state index in [0.29, 0.717) is 16.7 Å². The Balaban J connectivity index is 2.23. The van der Waals surface area contributed by atoms with Gasteiger partial charge in [-0.05, 0) is 18.8 Å². The van der Waals surface area contributed by atoms with Crippen LogP contribution in [0.5, 0.6) is 0 Å². The zero-order chi connectivity index (χ0) is 9.42. The molecular weight excluding hydrogens is 230 g/mol. The molecule has 1 aliphatic carbocycles. The fraction of sp³-hybridized carbons (Fsp3) is 0.778. The van der Waals surface area contributed by atoms with E-state index in [1.165, 1.54) is 18.5 Å². The Morgan fingerprint density at radius 3 is 2.77 bits per heavy atom. The highest BCUT2D eigenvalue weighted by Crippen LogP contribution is 2.42. The molecule has 0 aromatic carbocycles. The minimum absolute atomic E-state index is 0.629. The van der Waals surface area contributed by atoms with Crippen LogP contribution in [0, 0.1) is 5.92 Å². The summed E-state index contributed by atoms with van der Waals surface area (Å²) in [5.41, 5.74) is 1.27. The summed E-state index contributed by atoms with van der Waals surface area (Å²) >= 11 is 3.70. The first-order valence-electron chi connectivity index (χ1n) is 4.69. The fourth-order valence-electron chi connectivity index (χ4n) is 2.17. The average molecular weight is 244 g/mol. The average Bonchev–Trinajstić information content (AvgIpc) is 2.62. The lowest BCUT2D eigenvalue weighted by molar-refractivity contribution is 0.505. The largest absolute Gasteiger partial charge is 0.252 e. The molecule has 72 valence electrons. The Morgan fingerprint density at radius 1 is 1.54 bits per heavy atom. The smallest absolute Gasteiger partial charge is 0.0728 e. The van der Waals surface area contributed by atoms with Crippen LogP contribution in [-0.4, -0.2) is 19.8 Å². The van der Waals surface area contributed by atoms with Gasteiger partial charge >= 0.3 is 0 Å². The molecule has 1 fully saturated rings. The lowest BCUT2D eigenvalue weighted by Gasteiger charge is -2.16.